The molecule has 1 amide bonds. The number of aromatic nitrogens is 2. The van der Waals surface area contributed by atoms with Gasteiger partial charge in [-0.05, 0) is 10.2 Å². The molecule has 0 bridgehead atoms. The second-order valence-electron chi connectivity index (χ2n) is 4.05. The minimum absolute atomic E-state index is 0.0792. The summed E-state index contributed by atoms with van der Waals surface area (Å²) in [5, 5.41) is 6.17. The Labute approximate surface area is 110 Å². The Bertz CT molecular complexity index is 578. The van der Waals surface area contributed by atoms with Gasteiger partial charge in [-0.25, -0.2) is 0 Å². The van der Waals surface area contributed by atoms with Gasteiger partial charge in [0.05, 0.1) is 0 Å². The number of hydrogen-bond acceptors (Lipinski definition) is 4. The zero-order valence-electron chi connectivity index (χ0n) is 10.5. The maximum absolute atomic E-state index is 11.0. The Balaban J connectivity index is 2.10. The first-order valence-corrected chi connectivity index (χ1v) is 5.87. The highest BCUT2D eigenvalue weighted by Gasteiger charge is 2.24. The van der Waals surface area contributed by atoms with Crippen molar-refractivity contribution in [3.8, 4) is 0 Å². The Hall–Kier alpha value is -2.50. The molecule has 0 aliphatic rings. The number of aryl methyl sites for hydroxylation is 2. The van der Waals surface area contributed by atoms with E-state index < -0.39 is 0 Å². The monoisotopic (exact) mass is 260 g/mol. The lowest BCUT2D eigenvalue weighted by molar-refractivity contribution is -0.762. The summed E-state index contributed by atoms with van der Waals surface area (Å²) in [5.41, 5.74) is 1.36. The first kappa shape index (κ1) is 12.9. The summed E-state index contributed by atoms with van der Waals surface area (Å²) in [7, 11) is 0. The van der Waals surface area contributed by atoms with Crippen LogP contribution >= 0.6 is 0 Å². The third-order valence-electron chi connectivity index (χ3n) is 2.60. The average molecular weight is 260 g/mol. The first-order chi connectivity index (χ1) is 9.20. The number of carbonyl (C=O) groups excluding carboxylic acids is 2. The average Bonchev–Trinajstić information content (AvgIpc) is 2.78. The Morgan fingerprint density at radius 2 is 2.16 bits per heavy atom. The summed E-state index contributed by atoms with van der Waals surface area (Å²) < 4.78 is 6.37. The smallest absolute Gasteiger partial charge is 0.291 e. The van der Waals surface area contributed by atoms with Gasteiger partial charge < -0.3 is 0 Å². The van der Waals surface area contributed by atoms with E-state index in [9.17, 15) is 9.59 Å². The zero-order chi connectivity index (χ0) is 13.7. The minimum Gasteiger partial charge on any atom is -0.291 e. The normalized spacial score (nSPS) is 10.2. The number of nitrogens with zero attached hydrogens (tertiary/aromatic N) is 2. The van der Waals surface area contributed by atoms with Crippen LogP contribution in [0.5, 0.6) is 0 Å². The van der Waals surface area contributed by atoms with Crippen molar-refractivity contribution in [1.82, 2.24) is 5.27 Å². The predicted octanol–water partition coefficient (Wildman–Crippen LogP) is 0.976. The molecule has 1 heterocycles. The summed E-state index contributed by atoms with van der Waals surface area (Å²) in [6, 6.07) is 9.84. The summed E-state index contributed by atoms with van der Waals surface area (Å²) in [4.78, 5) is 22.0. The lowest BCUT2D eigenvalue weighted by Gasteiger charge is -1.95. The molecule has 6 heteroatoms. The van der Waals surface area contributed by atoms with Crippen molar-refractivity contribution in [2.75, 3.05) is 5.32 Å². The van der Waals surface area contributed by atoms with Crippen LogP contribution in [0.1, 0.15) is 23.0 Å². The van der Waals surface area contributed by atoms with Gasteiger partial charge in [0, 0.05) is 13.3 Å². The van der Waals surface area contributed by atoms with Crippen molar-refractivity contribution in [2.45, 2.75) is 19.9 Å². The number of hydrogen-bond donors (Lipinski definition) is 1. The summed E-state index contributed by atoms with van der Waals surface area (Å²) in [5.74, 6) is -0.231. The fourth-order valence-corrected chi connectivity index (χ4v) is 1.70. The maximum atomic E-state index is 11.0. The number of anilines is 1. The molecule has 0 aliphatic carbocycles. The van der Waals surface area contributed by atoms with Crippen molar-refractivity contribution >= 4 is 18.1 Å². The molecule has 0 spiro atoms. The van der Waals surface area contributed by atoms with Gasteiger partial charge in [-0.2, -0.15) is 0 Å². The highest BCUT2D eigenvalue weighted by molar-refractivity contribution is 5.91. The van der Waals surface area contributed by atoms with Gasteiger partial charge in [0.2, 0.25) is 17.5 Å². The molecular weight excluding hydrogens is 246 g/mol. The first-order valence-electron chi connectivity index (χ1n) is 5.87. The molecule has 0 fully saturated rings. The minimum atomic E-state index is -0.311. The van der Waals surface area contributed by atoms with Crippen LogP contribution in [0.15, 0.2) is 34.9 Å². The highest BCUT2D eigenvalue weighted by Crippen LogP contribution is 2.08. The van der Waals surface area contributed by atoms with Crippen LogP contribution in [-0.4, -0.2) is 17.5 Å². The third-order valence-corrected chi connectivity index (χ3v) is 2.60. The molecule has 2 rings (SSSR count). The topological polar surface area (TPSA) is 76.1 Å². The third kappa shape index (κ3) is 3.25. The Kier molecular flexibility index (Phi) is 4.02. The van der Waals surface area contributed by atoms with E-state index in [0.29, 0.717) is 12.8 Å². The van der Waals surface area contributed by atoms with E-state index in [1.807, 2.05) is 30.3 Å². The van der Waals surface area contributed by atoms with Crippen LogP contribution in [0.2, 0.25) is 0 Å². The maximum Gasteiger partial charge on any atom is 0.337 e. The van der Waals surface area contributed by atoms with Gasteiger partial charge in [0.25, 0.3) is 0 Å². The lowest BCUT2D eigenvalue weighted by atomic mass is 10.1. The van der Waals surface area contributed by atoms with Gasteiger partial charge in [0.15, 0.2) is 6.54 Å². The fraction of sp³-hybridized carbons (Fsp3) is 0.231. The number of carbonyl (C=O) groups is 2. The van der Waals surface area contributed by atoms with Crippen molar-refractivity contribution < 1.29 is 18.8 Å². The van der Waals surface area contributed by atoms with E-state index in [1.54, 1.807) is 0 Å². The lowest BCUT2D eigenvalue weighted by Crippen LogP contribution is -2.40. The molecule has 0 unspecified atom stereocenters. The molecule has 1 N–H and O–H groups in total. The van der Waals surface area contributed by atoms with Gasteiger partial charge >= 0.3 is 11.6 Å². The van der Waals surface area contributed by atoms with Crippen LogP contribution in [0.4, 0.5) is 5.88 Å². The Morgan fingerprint density at radius 1 is 1.42 bits per heavy atom. The molecular formula is C13H14N3O3+. The largest absolute Gasteiger partial charge is 0.337 e. The number of amides is 1. The number of aldehydes is 1. The van der Waals surface area contributed by atoms with Crippen LogP contribution in [0.25, 0.3) is 0 Å². The van der Waals surface area contributed by atoms with Gasteiger partial charge in [-0.1, -0.05) is 30.3 Å². The quantitative estimate of drug-likeness (QED) is 0.642. The summed E-state index contributed by atoms with van der Waals surface area (Å²) >= 11 is 0. The van der Waals surface area contributed by atoms with Crippen LogP contribution in [-0.2, 0) is 17.8 Å². The standard InChI is InChI=1S/C13H13N3O3/c1-10(18)14-13-12(9-17)16(15-19-13)8-7-11-5-3-2-4-6-11/h2-6,9H,7-8H2,1H3/p+1. The van der Waals surface area contributed by atoms with Crippen molar-refractivity contribution in [2.24, 2.45) is 0 Å². The van der Waals surface area contributed by atoms with Gasteiger partial charge in [-0.3, -0.25) is 19.4 Å². The van der Waals surface area contributed by atoms with Crippen molar-refractivity contribution in [3.05, 3.63) is 41.6 Å². The van der Waals surface area contributed by atoms with Crippen LogP contribution in [0.3, 0.4) is 0 Å². The molecule has 1 aromatic carbocycles. The van der Waals surface area contributed by atoms with Crippen LogP contribution < -0.4 is 10.00 Å². The van der Waals surface area contributed by atoms with Crippen LogP contribution in [0, 0.1) is 0 Å². The van der Waals surface area contributed by atoms with Crippen molar-refractivity contribution in [1.29, 1.82) is 0 Å². The summed E-state index contributed by atoms with van der Waals surface area (Å²) in [6.45, 7) is 1.84. The SMILES string of the molecule is CC(=O)Nc1on[n+](CCc2ccccc2)c1C=O. The molecule has 0 radical (unpaired) electrons. The molecule has 6 nitrogen and oxygen atoms in total. The molecule has 0 saturated carbocycles. The zero-order valence-corrected chi connectivity index (χ0v) is 10.5. The number of benzene rings is 1. The van der Waals surface area contributed by atoms with Crippen molar-refractivity contribution in [3.63, 3.8) is 0 Å². The number of nitrogens with one attached hydrogen (secondary N) is 1. The molecule has 1 aromatic heterocycles. The van der Waals surface area contributed by atoms with E-state index in [1.165, 1.54) is 11.6 Å². The van der Waals surface area contributed by atoms with E-state index in [0.717, 1.165) is 12.0 Å². The molecule has 0 saturated heterocycles. The molecule has 2 aromatic rings. The molecule has 0 atom stereocenters. The number of rotatable bonds is 5. The van der Waals surface area contributed by atoms with Gasteiger partial charge in [0.1, 0.15) is 0 Å². The summed E-state index contributed by atoms with van der Waals surface area (Å²) in [6.07, 6.45) is 1.34. The molecule has 19 heavy (non-hydrogen) atoms. The van der Waals surface area contributed by atoms with E-state index in [-0.39, 0.29) is 17.5 Å². The second-order valence-corrected chi connectivity index (χ2v) is 4.05. The van der Waals surface area contributed by atoms with E-state index in [4.69, 9.17) is 4.52 Å². The molecule has 0 aliphatic heterocycles. The van der Waals surface area contributed by atoms with Gasteiger partial charge in [-0.15, -0.1) is 0 Å². The molecule has 98 valence electrons. The second kappa shape index (κ2) is 5.90. The predicted molar refractivity (Wildman–Crippen MR) is 66.5 cm³/mol. The Morgan fingerprint density at radius 3 is 2.79 bits per heavy atom. The highest BCUT2D eigenvalue weighted by atomic mass is 16.5. The van der Waals surface area contributed by atoms with E-state index >= 15 is 0 Å². The van der Waals surface area contributed by atoms with E-state index in [2.05, 4.69) is 10.6 Å². The fourth-order valence-electron chi connectivity index (χ4n) is 1.70.